The van der Waals surface area contributed by atoms with Crippen LogP contribution in [0.1, 0.15) is 56.6 Å². The van der Waals surface area contributed by atoms with E-state index in [2.05, 4.69) is 38.1 Å². The van der Waals surface area contributed by atoms with Crippen molar-refractivity contribution in [2.24, 2.45) is 17.6 Å². The summed E-state index contributed by atoms with van der Waals surface area (Å²) in [5.74, 6) is 2.29. The van der Waals surface area contributed by atoms with E-state index < -0.39 is 0 Å². The fourth-order valence-corrected chi connectivity index (χ4v) is 3.43. The zero-order valence-corrected chi connectivity index (χ0v) is 11.9. The largest absolute Gasteiger partial charge is 0.330 e. The average molecular weight is 245 g/mol. The second kappa shape index (κ2) is 6.38. The Morgan fingerprint density at radius 1 is 1.22 bits per heavy atom. The first-order valence-electron chi connectivity index (χ1n) is 7.57. The number of nitrogens with two attached hydrogens (primary N) is 1. The molecule has 1 aromatic carbocycles. The van der Waals surface area contributed by atoms with Crippen molar-refractivity contribution in [3.8, 4) is 0 Å². The molecular formula is C17H27N. The van der Waals surface area contributed by atoms with E-state index in [1.807, 2.05) is 0 Å². The molecule has 0 amide bonds. The van der Waals surface area contributed by atoms with Gasteiger partial charge in [-0.25, -0.2) is 0 Å². The van der Waals surface area contributed by atoms with Crippen LogP contribution in [0.5, 0.6) is 0 Å². The highest BCUT2D eigenvalue weighted by Gasteiger charge is 2.29. The molecule has 18 heavy (non-hydrogen) atoms. The maximum atomic E-state index is 5.99. The minimum atomic E-state index is 0.694. The van der Waals surface area contributed by atoms with Crippen molar-refractivity contribution < 1.29 is 0 Å². The fourth-order valence-electron chi connectivity index (χ4n) is 3.43. The molecule has 1 aromatic rings. The molecule has 2 N–H and O–H groups in total. The number of rotatable bonds is 4. The highest BCUT2D eigenvalue weighted by Crippen LogP contribution is 2.41. The van der Waals surface area contributed by atoms with Crippen LogP contribution in [0.2, 0.25) is 0 Å². The summed E-state index contributed by atoms with van der Waals surface area (Å²) >= 11 is 0. The average Bonchev–Trinajstić information content (AvgIpc) is 2.46. The first-order valence-corrected chi connectivity index (χ1v) is 7.57. The molecule has 1 nitrogen and oxygen atoms in total. The third kappa shape index (κ3) is 2.95. The van der Waals surface area contributed by atoms with Crippen LogP contribution in [0.4, 0.5) is 0 Å². The van der Waals surface area contributed by atoms with E-state index in [9.17, 15) is 0 Å². The van der Waals surface area contributed by atoms with Gasteiger partial charge in [-0.3, -0.25) is 0 Å². The first-order chi connectivity index (χ1) is 8.78. The summed E-state index contributed by atoms with van der Waals surface area (Å²) in [6, 6.07) is 9.17. The molecule has 0 saturated heterocycles. The summed E-state index contributed by atoms with van der Waals surface area (Å²) in [7, 11) is 0. The molecule has 1 aliphatic rings. The lowest BCUT2D eigenvalue weighted by molar-refractivity contribution is 0.236. The summed E-state index contributed by atoms with van der Waals surface area (Å²) in [6.45, 7) is 5.40. The molecule has 0 aliphatic heterocycles. The molecule has 1 saturated carbocycles. The van der Waals surface area contributed by atoms with Gasteiger partial charge in [0.05, 0.1) is 0 Å². The zero-order chi connectivity index (χ0) is 13.0. The van der Waals surface area contributed by atoms with Crippen molar-refractivity contribution in [1.82, 2.24) is 0 Å². The van der Waals surface area contributed by atoms with Gasteiger partial charge in [-0.15, -0.1) is 0 Å². The van der Waals surface area contributed by atoms with Gasteiger partial charge >= 0.3 is 0 Å². The summed E-state index contributed by atoms with van der Waals surface area (Å²) in [6.07, 6.45) is 6.48. The Morgan fingerprint density at radius 2 is 2.06 bits per heavy atom. The summed E-state index contributed by atoms with van der Waals surface area (Å²) in [5.41, 5.74) is 8.98. The highest BCUT2D eigenvalue weighted by molar-refractivity contribution is 5.27. The molecular weight excluding hydrogens is 218 g/mol. The molecule has 100 valence electrons. The van der Waals surface area contributed by atoms with Gasteiger partial charge in [-0.05, 0) is 54.7 Å². The standard InChI is InChI=1S/C17H27N/c1-3-13-6-5-7-15(10-13)17-11-14(4-2)8-9-16(17)12-18/h5-7,10,14,16-17H,3-4,8-9,11-12,18H2,1-2H3. The highest BCUT2D eigenvalue weighted by atomic mass is 14.6. The number of hydrogen-bond acceptors (Lipinski definition) is 1. The molecule has 2 rings (SSSR count). The molecule has 0 bridgehead atoms. The SMILES string of the molecule is CCc1cccc(C2CC(CC)CCC2CN)c1. The fraction of sp³-hybridized carbons (Fsp3) is 0.647. The quantitative estimate of drug-likeness (QED) is 0.848. The van der Waals surface area contributed by atoms with E-state index in [1.54, 1.807) is 0 Å². The van der Waals surface area contributed by atoms with Gasteiger partial charge in [0.2, 0.25) is 0 Å². The van der Waals surface area contributed by atoms with Gasteiger partial charge < -0.3 is 5.73 Å². The third-order valence-corrected chi connectivity index (χ3v) is 4.77. The summed E-state index contributed by atoms with van der Waals surface area (Å²) in [4.78, 5) is 0. The molecule has 3 unspecified atom stereocenters. The smallest absolute Gasteiger partial charge is 0.00430 e. The predicted octanol–water partition coefficient (Wildman–Crippen LogP) is 4.12. The van der Waals surface area contributed by atoms with Crippen LogP contribution in [0.3, 0.4) is 0 Å². The Hall–Kier alpha value is -0.820. The molecule has 3 atom stereocenters. The van der Waals surface area contributed by atoms with Gasteiger partial charge in [0.1, 0.15) is 0 Å². The maximum Gasteiger partial charge on any atom is -0.00430 e. The van der Waals surface area contributed by atoms with Crippen LogP contribution >= 0.6 is 0 Å². The lowest BCUT2D eigenvalue weighted by atomic mass is 9.70. The molecule has 0 heterocycles. The molecule has 1 aliphatic carbocycles. The van der Waals surface area contributed by atoms with Crippen molar-refractivity contribution >= 4 is 0 Å². The Labute approximate surface area is 112 Å². The normalized spacial score (nSPS) is 28.3. The topological polar surface area (TPSA) is 26.0 Å². The summed E-state index contributed by atoms with van der Waals surface area (Å²) < 4.78 is 0. The Kier molecular flexibility index (Phi) is 4.82. The minimum Gasteiger partial charge on any atom is -0.330 e. The Bertz CT molecular complexity index is 372. The molecule has 1 fully saturated rings. The Morgan fingerprint density at radius 3 is 2.72 bits per heavy atom. The second-order valence-electron chi connectivity index (χ2n) is 5.79. The lowest BCUT2D eigenvalue weighted by Crippen LogP contribution is -2.28. The minimum absolute atomic E-state index is 0.694. The van der Waals surface area contributed by atoms with Crippen molar-refractivity contribution in [3.63, 3.8) is 0 Å². The summed E-state index contributed by atoms with van der Waals surface area (Å²) in [5, 5.41) is 0. The van der Waals surface area contributed by atoms with Gasteiger partial charge in [0.25, 0.3) is 0 Å². The molecule has 0 spiro atoms. The van der Waals surface area contributed by atoms with Gasteiger partial charge in [0, 0.05) is 0 Å². The first kappa shape index (κ1) is 13.6. The predicted molar refractivity (Wildman–Crippen MR) is 78.7 cm³/mol. The van der Waals surface area contributed by atoms with Crippen LogP contribution in [0.15, 0.2) is 24.3 Å². The van der Waals surface area contributed by atoms with Gasteiger partial charge in [-0.2, -0.15) is 0 Å². The second-order valence-corrected chi connectivity index (χ2v) is 5.79. The molecule has 0 aromatic heterocycles. The van der Waals surface area contributed by atoms with Crippen molar-refractivity contribution in [2.75, 3.05) is 6.54 Å². The third-order valence-electron chi connectivity index (χ3n) is 4.77. The van der Waals surface area contributed by atoms with Crippen LogP contribution < -0.4 is 5.73 Å². The maximum absolute atomic E-state index is 5.99. The van der Waals surface area contributed by atoms with Gasteiger partial charge in [0.15, 0.2) is 0 Å². The molecule has 0 radical (unpaired) electrons. The van der Waals surface area contributed by atoms with E-state index in [0.717, 1.165) is 18.9 Å². The van der Waals surface area contributed by atoms with Crippen LogP contribution in [-0.2, 0) is 6.42 Å². The number of hydrogen-bond donors (Lipinski definition) is 1. The number of benzene rings is 1. The number of aryl methyl sites for hydroxylation is 1. The van der Waals surface area contributed by atoms with Crippen LogP contribution in [0.25, 0.3) is 0 Å². The zero-order valence-electron chi connectivity index (χ0n) is 11.9. The van der Waals surface area contributed by atoms with Crippen LogP contribution in [-0.4, -0.2) is 6.54 Å². The van der Waals surface area contributed by atoms with Crippen molar-refractivity contribution in [1.29, 1.82) is 0 Å². The van der Waals surface area contributed by atoms with Crippen LogP contribution in [0, 0.1) is 11.8 Å². The van der Waals surface area contributed by atoms with Crippen molar-refractivity contribution in [3.05, 3.63) is 35.4 Å². The lowest BCUT2D eigenvalue weighted by Gasteiger charge is -2.36. The van der Waals surface area contributed by atoms with E-state index in [-0.39, 0.29) is 0 Å². The van der Waals surface area contributed by atoms with Crippen molar-refractivity contribution in [2.45, 2.75) is 51.9 Å². The van der Waals surface area contributed by atoms with Gasteiger partial charge in [-0.1, -0.05) is 51.0 Å². The van der Waals surface area contributed by atoms with E-state index in [1.165, 1.54) is 36.8 Å². The van der Waals surface area contributed by atoms with E-state index >= 15 is 0 Å². The Balaban J connectivity index is 2.20. The molecule has 1 heteroatoms. The van der Waals surface area contributed by atoms with E-state index in [4.69, 9.17) is 5.73 Å². The monoisotopic (exact) mass is 245 g/mol. The van der Waals surface area contributed by atoms with E-state index in [0.29, 0.717) is 11.8 Å².